The van der Waals surface area contributed by atoms with Crippen LogP contribution in [0.4, 0.5) is 10.5 Å². The third-order valence-electron chi connectivity index (χ3n) is 3.23. The average Bonchev–Trinajstić information content (AvgIpc) is 2.55. The maximum Gasteiger partial charge on any atom is 0.412 e. The molecule has 0 aliphatic rings. The van der Waals surface area contributed by atoms with Crippen LogP contribution in [0.3, 0.4) is 0 Å². The van der Waals surface area contributed by atoms with E-state index in [1.165, 1.54) is 0 Å². The monoisotopic (exact) mass is 293 g/mol. The van der Waals surface area contributed by atoms with E-state index in [0.717, 1.165) is 10.9 Å². The zero-order valence-corrected chi connectivity index (χ0v) is 12.1. The summed E-state index contributed by atoms with van der Waals surface area (Å²) in [5, 5.41) is 3.59. The minimum Gasteiger partial charge on any atom is -0.444 e. The standard InChI is InChI=1S/C17H15N3O2/c1-12-15(10-14-8-5-9-18-16(14)19-12)20-17(21)22-11-13-6-3-2-4-7-13/h2-10H,11H2,1H3,(H,20,21). The Kier molecular flexibility index (Phi) is 3.96. The number of aromatic nitrogens is 2. The molecule has 0 bridgehead atoms. The van der Waals surface area contributed by atoms with Crippen LogP contribution >= 0.6 is 0 Å². The Morgan fingerprint density at radius 1 is 1.18 bits per heavy atom. The van der Waals surface area contributed by atoms with Crippen LogP contribution in [0.25, 0.3) is 11.0 Å². The quantitative estimate of drug-likeness (QED) is 0.800. The molecular formula is C17H15N3O2. The lowest BCUT2D eigenvalue weighted by Crippen LogP contribution is -2.14. The number of ether oxygens (including phenoxy) is 1. The van der Waals surface area contributed by atoms with E-state index in [1.54, 1.807) is 6.20 Å². The molecule has 0 radical (unpaired) electrons. The fraction of sp³-hybridized carbons (Fsp3) is 0.118. The van der Waals surface area contributed by atoms with Crippen LogP contribution < -0.4 is 5.32 Å². The molecule has 2 heterocycles. The van der Waals surface area contributed by atoms with Crippen LogP contribution in [0.15, 0.2) is 54.7 Å². The molecule has 22 heavy (non-hydrogen) atoms. The van der Waals surface area contributed by atoms with Crippen molar-refractivity contribution in [1.82, 2.24) is 9.97 Å². The summed E-state index contributed by atoms with van der Waals surface area (Å²) in [6, 6.07) is 15.1. The van der Waals surface area contributed by atoms with Crippen molar-refractivity contribution >= 4 is 22.8 Å². The lowest BCUT2D eigenvalue weighted by molar-refractivity contribution is 0.155. The first kappa shape index (κ1) is 14.0. The summed E-state index contributed by atoms with van der Waals surface area (Å²) < 4.78 is 5.21. The van der Waals surface area contributed by atoms with Gasteiger partial charge in [-0.1, -0.05) is 30.3 Å². The van der Waals surface area contributed by atoms with Crippen molar-refractivity contribution in [3.8, 4) is 0 Å². The second-order valence-electron chi connectivity index (χ2n) is 4.86. The van der Waals surface area contributed by atoms with Gasteiger partial charge in [0.25, 0.3) is 0 Å². The molecule has 1 N–H and O–H groups in total. The molecule has 0 saturated carbocycles. The topological polar surface area (TPSA) is 64.1 Å². The number of fused-ring (bicyclic) bond motifs is 1. The molecule has 5 nitrogen and oxygen atoms in total. The predicted molar refractivity (Wildman–Crippen MR) is 84.5 cm³/mol. The summed E-state index contributed by atoms with van der Waals surface area (Å²) >= 11 is 0. The van der Waals surface area contributed by atoms with Gasteiger partial charge in [-0.2, -0.15) is 0 Å². The van der Waals surface area contributed by atoms with Crippen molar-refractivity contribution in [2.24, 2.45) is 0 Å². The Hall–Kier alpha value is -2.95. The number of hydrogen-bond donors (Lipinski definition) is 1. The molecule has 0 unspecified atom stereocenters. The average molecular weight is 293 g/mol. The van der Waals surface area contributed by atoms with Gasteiger partial charge in [0.2, 0.25) is 0 Å². The third-order valence-corrected chi connectivity index (χ3v) is 3.23. The number of benzene rings is 1. The van der Waals surface area contributed by atoms with E-state index >= 15 is 0 Å². The van der Waals surface area contributed by atoms with E-state index in [2.05, 4.69) is 15.3 Å². The largest absolute Gasteiger partial charge is 0.444 e. The molecular weight excluding hydrogens is 278 g/mol. The van der Waals surface area contributed by atoms with Crippen LogP contribution in [0.2, 0.25) is 0 Å². The Labute approximate surface area is 128 Å². The number of amides is 1. The van der Waals surface area contributed by atoms with Gasteiger partial charge in [-0.25, -0.2) is 14.8 Å². The molecule has 0 aliphatic heterocycles. The van der Waals surface area contributed by atoms with E-state index in [9.17, 15) is 4.79 Å². The molecule has 110 valence electrons. The third kappa shape index (κ3) is 3.20. The summed E-state index contributed by atoms with van der Waals surface area (Å²) in [5.41, 5.74) is 2.92. The maximum atomic E-state index is 11.9. The van der Waals surface area contributed by atoms with Crippen molar-refractivity contribution in [1.29, 1.82) is 0 Å². The minimum absolute atomic E-state index is 0.230. The molecule has 0 spiro atoms. The van der Waals surface area contributed by atoms with E-state index in [4.69, 9.17) is 4.74 Å². The van der Waals surface area contributed by atoms with Gasteiger partial charge in [0.05, 0.1) is 11.4 Å². The van der Waals surface area contributed by atoms with E-state index in [-0.39, 0.29) is 6.61 Å². The van der Waals surface area contributed by atoms with Gasteiger partial charge in [-0.15, -0.1) is 0 Å². The van der Waals surface area contributed by atoms with Gasteiger partial charge in [-0.3, -0.25) is 5.32 Å². The predicted octanol–water partition coefficient (Wildman–Crippen LogP) is 3.69. The minimum atomic E-state index is -0.503. The van der Waals surface area contributed by atoms with Crippen molar-refractivity contribution in [3.63, 3.8) is 0 Å². The van der Waals surface area contributed by atoms with Crippen molar-refractivity contribution in [2.75, 3.05) is 5.32 Å². The Morgan fingerprint density at radius 3 is 2.82 bits per heavy atom. The second-order valence-corrected chi connectivity index (χ2v) is 4.86. The summed E-state index contributed by atoms with van der Waals surface area (Å²) in [5.74, 6) is 0. The number of carbonyl (C=O) groups excluding carboxylic acids is 1. The second kappa shape index (κ2) is 6.22. The Morgan fingerprint density at radius 2 is 2.00 bits per heavy atom. The molecule has 1 amide bonds. The van der Waals surface area contributed by atoms with E-state index < -0.39 is 6.09 Å². The zero-order valence-electron chi connectivity index (χ0n) is 12.1. The summed E-state index contributed by atoms with van der Waals surface area (Å²) in [6.07, 6.45) is 1.19. The zero-order chi connectivity index (χ0) is 15.4. The highest BCUT2D eigenvalue weighted by molar-refractivity contribution is 5.89. The van der Waals surface area contributed by atoms with E-state index in [1.807, 2.05) is 55.5 Å². The summed E-state index contributed by atoms with van der Waals surface area (Å²) in [6.45, 7) is 2.05. The first-order valence-electron chi connectivity index (χ1n) is 6.92. The molecule has 0 atom stereocenters. The summed E-state index contributed by atoms with van der Waals surface area (Å²) in [7, 11) is 0. The Bertz CT molecular complexity index is 803. The number of carbonyl (C=O) groups is 1. The molecule has 0 fully saturated rings. The smallest absolute Gasteiger partial charge is 0.412 e. The normalized spacial score (nSPS) is 10.4. The first-order valence-corrected chi connectivity index (χ1v) is 6.92. The lowest BCUT2D eigenvalue weighted by atomic mass is 10.2. The van der Waals surface area contributed by atoms with Crippen LogP contribution in [-0.4, -0.2) is 16.1 Å². The number of anilines is 1. The van der Waals surface area contributed by atoms with Crippen molar-refractivity contribution < 1.29 is 9.53 Å². The summed E-state index contributed by atoms with van der Waals surface area (Å²) in [4.78, 5) is 20.4. The van der Waals surface area contributed by atoms with Gasteiger partial charge in [0.1, 0.15) is 6.61 Å². The SMILES string of the molecule is Cc1nc2ncccc2cc1NC(=O)OCc1ccccc1. The van der Waals surface area contributed by atoms with Gasteiger partial charge in [0.15, 0.2) is 5.65 Å². The first-order chi connectivity index (χ1) is 10.7. The molecule has 5 heteroatoms. The van der Waals surface area contributed by atoms with Crippen LogP contribution in [0.1, 0.15) is 11.3 Å². The molecule has 2 aromatic heterocycles. The van der Waals surface area contributed by atoms with E-state index in [0.29, 0.717) is 17.0 Å². The van der Waals surface area contributed by atoms with Crippen LogP contribution in [-0.2, 0) is 11.3 Å². The highest BCUT2D eigenvalue weighted by atomic mass is 16.5. The highest BCUT2D eigenvalue weighted by Gasteiger charge is 2.08. The number of nitrogens with zero attached hydrogens (tertiary/aromatic N) is 2. The molecule has 3 rings (SSSR count). The van der Waals surface area contributed by atoms with Gasteiger partial charge in [-0.05, 0) is 30.7 Å². The van der Waals surface area contributed by atoms with Gasteiger partial charge >= 0.3 is 6.09 Å². The highest BCUT2D eigenvalue weighted by Crippen LogP contribution is 2.19. The fourth-order valence-corrected chi connectivity index (χ4v) is 2.09. The molecule has 0 aliphatic carbocycles. The maximum absolute atomic E-state index is 11.9. The molecule has 3 aromatic rings. The number of pyridine rings is 2. The number of rotatable bonds is 3. The number of aryl methyl sites for hydroxylation is 1. The lowest BCUT2D eigenvalue weighted by Gasteiger charge is -2.09. The van der Waals surface area contributed by atoms with Crippen molar-refractivity contribution in [3.05, 3.63) is 66.0 Å². The van der Waals surface area contributed by atoms with Crippen LogP contribution in [0, 0.1) is 6.92 Å². The van der Waals surface area contributed by atoms with Crippen LogP contribution in [0.5, 0.6) is 0 Å². The molecule has 0 saturated heterocycles. The number of hydrogen-bond acceptors (Lipinski definition) is 4. The van der Waals surface area contributed by atoms with Gasteiger partial charge in [0, 0.05) is 11.6 Å². The number of nitrogens with one attached hydrogen (secondary N) is 1. The Balaban J connectivity index is 1.70. The molecule has 1 aromatic carbocycles. The fourth-order valence-electron chi connectivity index (χ4n) is 2.09. The van der Waals surface area contributed by atoms with Gasteiger partial charge < -0.3 is 4.74 Å². The van der Waals surface area contributed by atoms with Crippen molar-refractivity contribution in [2.45, 2.75) is 13.5 Å².